The Morgan fingerprint density at radius 1 is 1.12 bits per heavy atom. The summed E-state index contributed by atoms with van der Waals surface area (Å²) in [6, 6.07) is 0. The minimum absolute atomic E-state index is 0.221. The quantitative estimate of drug-likeness (QED) is 0.729. The van der Waals surface area contributed by atoms with E-state index in [2.05, 4.69) is 18.7 Å². The van der Waals surface area contributed by atoms with Crippen LogP contribution in [0.1, 0.15) is 27.2 Å². The van der Waals surface area contributed by atoms with Crippen LogP contribution < -0.4 is 0 Å². The van der Waals surface area contributed by atoms with Gasteiger partial charge in [-0.3, -0.25) is 0 Å². The van der Waals surface area contributed by atoms with Gasteiger partial charge < -0.3 is 4.90 Å². The fraction of sp³-hybridized carbons (Fsp3) is 1.00. The number of piperazine rings is 1. The summed E-state index contributed by atoms with van der Waals surface area (Å²) in [7, 11) is -2.97. The van der Waals surface area contributed by atoms with Crippen LogP contribution in [0.5, 0.6) is 0 Å². The van der Waals surface area contributed by atoms with Crippen molar-refractivity contribution in [1.82, 2.24) is 9.21 Å². The van der Waals surface area contributed by atoms with E-state index in [0.29, 0.717) is 19.0 Å². The standard InChI is InChI=1S/C11H24N2O2S/c1-4-11(3)10-12-6-8-13(9-7-12)16(14,15)5-2/h11H,4-10H2,1-3H3. The van der Waals surface area contributed by atoms with E-state index in [-0.39, 0.29) is 5.75 Å². The van der Waals surface area contributed by atoms with Crippen molar-refractivity contribution < 1.29 is 8.42 Å². The van der Waals surface area contributed by atoms with Gasteiger partial charge >= 0.3 is 0 Å². The van der Waals surface area contributed by atoms with Crippen molar-refractivity contribution in [2.45, 2.75) is 27.2 Å². The monoisotopic (exact) mass is 248 g/mol. The first-order valence-corrected chi connectivity index (χ1v) is 7.80. The van der Waals surface area contributed by atoms with E-state index in [1.807, 2.05) is 0 Å². The third-order valence-electron chi connectivity index (χ3n) is 3.36. The zero-order valence-electron chi connectivity index (χ0n) is 10.6. The number of hydrogen-bond donors (Lipinski definition) is 0. The van der Waals surface area contributed by atoms with E-state index in [1.54, 1.807) is 11.2 Å². The minimum Gasteiger partial charge on any atom is -0.300 e. The average Bonchev–Trinajstić information content (AvgIpc) is 2.29. The molecule has 1 aliphatic heterocycles. The van der Waals surface area contributed by atoms with Gasteiger partial charge in [-0.15, -0.1) is 0 Å². The van der Waals surface area contributed by atoms with Crippen molar-refractivity contribution in [2.24, 2.45) is 5.92 Å². The number of nitrogens with zero attached hydrogens (tertiary/aromatic N) is 2. The Balaban J connectivity index is 2.40. The van der Waals surface area contributed by atoms with Crippen LogP contribution >= 0.6 is 0 Å². The second kappa shape index (κ2) is 5.98. The van der Waals surface area contributed by atoms with Gasteiger partial charge in [-0.2, -0.15) is 4.31 Å². The summed E-state index contributed by atoms with van der Waals surface area (Å²) in [5.74, 6) is 0.924. The number of hydrogen-bond acceptors (Lipinski definition) is 3. The molecule has 96 valence electrons. The maximum absolute atomic E-state index is 11.6. The summed E-state index contributed by atoms with van der Waals surface area (Å²) in [5.41, 5.74) is 0. The molecule has 1 atom stereocenters. The minimum atomic E-state index is -2.97. The van der Waals surface area contributed by atoms with Crippen molar-refractivity contribution in [1.29, 1.82) is 0 Å². The molecule has 0 bridgehead atoms. The van der Waals surface area contributed by atoms with E-state index in [1.165, 1.54) is 6.42 Å². The number of sulfonamides is 1. The maximum Gasteiger partial charge on any atom is 0.213 e. The predicted molar refractivity (Wildman–Crippen MR) is 66.9 cm³/mol. The molecule has 1 rings (SSSR count). The molecule has 1 saturated heterocycles. The molecule has 0 aliphatic carbocycles. The molecule has 1 aliphatic rings. The lowest BCUT2D eigenvalue weighted by atomic mass is 10.1. The van der Waals surface area contributed by atoms with Crippen LogP contribution in [0.4, 0.5) is 0 Å². The highest BCUT2D eigenvalue weighted by atomic mass is 32.2. The lowest BCUT2D eigenvalue weighted by Gasteiger charge is -2.34. The average molecular weight is 248 g/mol. The van der Waals surface area contributed by atoms with Crippen molar-refractivity contribution in [3.63, 3.8) is 0 Å². The van der Waals surface area contributed by atoms with E-state index in [0.717, 1.165) is 19.6 Å². The molecule has 0 N–H and O–H groups in total. The van der Waals surface area contributed by atoms with Gasteiger partial charge in [0.05, 0.1) is 5.75 Å². The van der Waals surface area contributed by atoms with Crippen molar-refractivity contribution in [2.75, 3.05) is 38.5 Å². The summed E-state index contributed by atoms with van der Waals surface area (Å²) in [6.45, 7) is 10.3. The summed E-state index contributed by atoms with van der Waals surface area (Å²) in [5, 5.41) is 0. The van der Waals surface area contributed by atoms with Crippen LogP contribution in [-0.4, -0.2) is 56.1 Å². The molecule has 0 saturated carbocycles. The van der Waals surface area contributed by atoms with Gasteiger partial charge in [0, 0.05) is 32.7 Å². The van der Waals surface area contributed by atoms with Crippen molar-refractivity contribution in [3.05, 3.63) is 0 Å². The van der Waals surface area contributed by atoms with E-state index in [9.17, 15) is 8.42 Å². The lowest BCUT2D eigenvalue weighted by Crippen LogP contribution is -2.49. The number of rotatable bonds is 5. The van der Waals surface area contributed by atoms with Gasteiger partial charge in [-0.25, -0.2) is 8.42 Å². The van der Waals surface area contributed by atoms with E-state index < -0.39 is 10.0 Å². The first-order valence-electron chi connectivity index (χ1n) is 6.19. The Labute approximate surface area is 99.7 Å². The molecule has 0 amide bonds. The Morgan fingerprint density at radius 3 is 2.12 bits per heavy atom. The zero-order valence-corrected chi connectivity index (χ0v) is 11.5. The molecule has 0 radical (unpaired) electrons. The topological polar surface area (TPSA) is 40.6 Å². The van der Waals surface area contributed by atoms with Crippen molar-refractivity contribution >= 4 is 10.0 Å². The van der Waals surface area contributed by atoms with Crippen LogP contribution in [0.2, 0.25) is 0 Å². The highest BCUT2D eigenvalue weighted by Crippen LogP contribution is 2.11. The fourth-order valence-corrected chi connectivity index (χ4v) is 3.03. The molecule has 1 heterocycles. The largest absolute Gasteiger partial charge is 0.300 e. The normalized spacial score (nSPS) is 22.2. The maximum atomic E-state index is 11.6. The molecule has 0 aromatic rings. The van der Waals surface area contributed by atoms with Crippen LogP contribution in [-0.2, 0) is 10.0 Å². The second-order valence-corrected chi connectivity index (χ2v) is 6.87. The zero-order chi connectivity index (χ0) is 12.2. The molecule has 1 unspecified atom stereocenters. The summed E-state index contributed by atoms with van der Waals surface area (Å²) >= 11 is 0. The Bertz CT molecular complexity index is 295. The molecule has 1 fully saturated rings. The van der Waals surface area contributed by atoms with Crippen LogP contribution in [0.15, 0.2) is 0 Å². The third-order valence-corrected chi connectivity index (χ3v) is 5.24. The van der Waals surface area contributed by atoms with E-state index in [4.69, 9.17) is 0 Å². The highest BCUT2D eigenvalue weighted by Gasteiger charge is 2.25. The SMILES string of the molecule is CCC(C)CN1CCN(S(=O)(=O)CC)CC1. The molecule has 0 spiro atoms. The second-order valence-electron chi connectivity index (χ2n) is 4.61. The predicted octanol–water partition coefficient (Wildman–Crippen LogP) is 1.000. The molecule has 0 aromatic heterocycles. The lowest BCUT2D eigenvalue weighted by molar-refractivity contribution is 0.167. The third kappa shape index (κ3) is 3.71. The molecule has 4 nitrogen and oxygen atoms in total. The summed E-state index contributed by atoms with van der Waals surface area (Å²) in [4.78, 5) is 2.37. The van der Waals surface area contributed by atoms with Crippen LogP contribution in [0.25, 0.3) is 0 Å². The van der Waals surface area contributed by atoms with Crippen molar-refractivity contribution in [3.8, 4) is 0 Å². The van der Waals surface area contributed by atoms with Crippen LogP contribution in [0, 0.1) is 5.92 Å². The fourth-order valence-electron chi connectivity index (χ4n) is 1.94. The van der Waals surface area contributed by atoms with Gasteiger partial charge in [-0.1, -0.05) is 20.3 Å². The molecule has 5 heteroatoms. The van der Waals surface area contributed by atoms with Crippen LogP contribution in [0.3, 0.4) is 0 Å². The summed E-state index contributed by atoms with van der Waals surface area (Å²) < 4.78 is 24.9. The Hall–Kier alpha value is -0.130. The van der Waals surface area contributed by atoms with Gasteiger partial charge in [-0.05, 0) is 12.8 Å². The Morgan fingerprint density at radius 2 is 1.69 bits per heavy atom. The molecule has 0 aromatic carbocycles. The highest BCUT2D eigenvalue weighted by molar-refractivity contribution is 7.89. The first kappa shape index (κ1) is 13.9. The molecule has 16 heavy (non-hydrogen) atoms. The Kier molecular flexibility index (Phi) is 5.21. The molecular formula is C11H24N2O2S. The summed E-state index contributed by atoms with van der Waals surface area (Å²) in [6.07, 6.45) is 1.19. The van der Waals surface area contributed by atoms with E-state index >= 15 is 0 Å². The van der Waals surface area contributed by atoms with Gasteiger partial charge in [0.25, 0.3) is 0 Å². The van der Waals surface area contributed by atoms with Gasteiger partial charge in [0.2, 0.25) is 10.0 Å². The molecular weight excluding hydrogens is 224 g/mol. The first-order chi connectivity index (χ1) is 7.49. The van der Waals surface area contributed by atoms with Gasteiger partial charge in [0.1, 0.15) is 0 Å². The smallest absolute Gasteiger partial charge is 0.213 e. The van der Waals surface area contributed by atoms with Gasteiger partial charge in [0.15, 0.2) is 0 Å².